The minimum atomic E-state index is -0.826. The summed E-state index contributed by atoms with van der Waals surface area (Å²) in [6, 6.07) is 3.95. The summed E-state index contributed by atoms with van der Waals surface area (Å²) in [6.07, 6.45) is 4.99. The van der Waals surface area contributed by atoms with E-state index in [4.69, 9.17) is 21.4 Å². The first-order chi connectivity index (χ1) is 7.19. The number of hydrogen-bond donors (Lipinski definition) is 0. The summed E-state index contributed by atoms with van der Waals surface area (Å²) in [5.74, 6) is 1.01. The molecule has 0 atom stereocenters. The SMILES string of the molecule is CC1=CC(C)=C(c2ccco2)C1.[Cl][Zr][Cl]. The maximum absolute atomic E-state index is 5.34. The Morgan fingerprint density at radius 3 is 2.40 bits per heavy atom. The Hall–Kier alpha value is 0.223. The van der Waals surface area contributed by atoms with E-state index in [1.165, 1.54) is 16.7 Å². The van der Waals surface area contributed by atoms with Crippen LogP contribution in [-0.2, 0) is 20.8 Å². The van der Waals surface area contributed by atoms with Gasteiger partial charge in [-0.15, -0.1) is 0 Å². The molecule has 0 bridgehead atoms. The molecule has 0 unspecified atom stereocenters. The number of halogens is 2. The van der Waals surface area contributed by atoms with Gasteiger partial charge in [0.1, 0.15) is 5.76 Å². The van der Waals surface area contributed by atoms with Gasteiger partial charge in [-0.05, 0) is 38.0 Å². The molecule has 1 nitrogen and oxygen atoms in total. The molecule has 1 aromatic rings. The molecule has 0 radical (unpaired) electrons. The zero-order valence-corrected chi connectivity index (χ0v) is 12.7. The van der Waals surface area contributed by atoms with Gasteiger partial charge in [-0.1, -0.05) is 11.6 Å². The van der Waals surface area contributed by atoms with Gasteiger partial charge in [0.25, 0.3) is 0 Å². The van der Waals surface area contributed by atoms with Gasteiger partial charge in [-0.2, -0.15) is 0 Å². The third-order valence-electron chi connectivity index (χ3n) is 2.21. The quantitative estimate of drug-likeness (QED) is 0.725. The number of furan rings is 1. The summed E-state index contributed by atoms with van der Waals surface area (Å²) >= 11 is -0.826. The standard InChI is InChI=1S/C11H12O.2ClH.Zr/c1-8-6-9(2)10(7-8)11-4-3-5-12-11;;;/h3-6H,7H2,1-2H3;2*1H;/q;;;+2/p-2. The molecule has 4 heteroatoms. The van der Waals surface area contributed by atoms with Crippen molar-refractivity contribution in [2.75, 3.05) is 0 Å². The van der Waals surface area contributed by atoms with Gasteiger partial charge >= 0.3 is 37.9 Å². The third-order valence-corrected chi connectivity index (χ3v) is 2.21. The van der Waals surface area contributed by atoms with Crippen molar-refractivity contribution in [3.05, 3.63) is 41.4 Å². The zero-order chi connectivity index (χ0) is 11.3. The molecule has 0 saturated heterocycles. The summed E-state index contributed by atoms with van der Waals surface area (Å²) in [7, 11) is 9.87. The van der Waals surface area contributed by atoms with Gasteiger partial charge in [-0.25, -0.2) is 0 Å². The van der Waals surface area contributed by atoms with Crippen molar-refractivity contribution in [3.8, 4) is 0 Å². The number of rotatable bonds is 1. The Morgan fingerprint density at radius 1 is 1.33 bits per heavy atom. The minimum absolute atomic E-state index is 0.826. The van der Waals surface area contributed by atoms with Gasteiger partial charge in [0.05, 0.1) is 6.26 Å². The summed E-state index contributed by atoms with van der Waals surface area (Å²) in [5, 5.41) is 0. The van der Waals surface area contributed by atoms with Crippen LogP contribution in [0.1, 0.15) is 26.0 Å². The topological polar surface area (TPSA) is 13.1 Å². The van der Waals surface area contributed by atoms with Crippen LogP contribution in [0.3, 0.4) is 0 Å². The van der Waals surface area contributed by atoms with Crippen LogP contribution >= 0.6 is 17.0 Å². The van der Waals surface area contributed by atoms with Crippen LogP contribution in [0.15, 0.2) is 40.0 Å². The number of hydrogen-bond acceptors (Lipinski definition) is 1. The molecule has 0 N–H and O–H groups in total. The Morgan fingerprint density at radius 2 is 2.00 bits per heavy atom. The molecule has 1 aliphatic carbocycles. The van der Waals surface area contributed by atoms with Crippen LogP contribution in [0.4, 0.5) is 0 Å². The molecule has 0 aliphatic heterocycles. The van der Waals surface area contributed by atoms with Crippen LogP contribution in [0.2, 0.25) is 0 Å². The fourth-order valence-electron chi connectivity index (χ4n) is 1.66. The van der Waals surface area contributed by atoms with Crippen molar-refractivity contribution in [3.63, 3.8) is 0 Å². The molecule has 15 heavy (non-hydrogen) atoms. The fraction of sp³-hybridized carbons (Fsp3) is 0.273. The second kappa shape index (κ2) is 6.73. The molecule has 0 saturated carbocycles. The molecule has 0 amide bonds. The monoisotopic (exact) mass is 320 g/mol. The van der Waals surface area contributed by atoms with Crippen molar-refractivity contribution < 1.29 is 25.3 Å². The summed E-state index contributed by atoms with van der Waals surface area (Å²) in [5.41, 5.74) is 4.08. The summed E-state index contributed by atoms with van der Waals surface area (Å²) in [6.45, 7) is 4.29. The molecule has 0 fully saturated rings. The average Bonchev–Trinajstić information content (AvgIpc) is 2.75. The first-order valence-electron chi connectivity index (χ1n) is 4.56. The average molecular weight is 322 g/mol. The Kier molecular flexibility index (Phi) is 5.96. The summed E-state index contributed by atoms with van der Waals surface area (Å²) in [4.78, 5) is 0. The number of allylic oxidation sites excluding steroid dienone is 4. The van der Waals surface area contributed by atoms with E-state index in [0.717, 1.165) is 12.2 Å². The molecular weight excluding hydrogens is 310 g/mol. The molecule has 0 aromatic carbocycles. The normalized spacial score (nSPS) is 14.5. The van der Waals surface area contributed by atoms with Crippen molar-refractivity contribution >= 4 is 22.6 Å². The van der Waals surface area contributed by atoms with Crippen molar-refractivity contribution in [2.45, 2.75) is 20.3 Å². The predicted octanol–water partition coefficient (Wildman–Crippen LogP) is 4.78. The molecule has 1 aliphatic rings. The van der Waals surface area contributed by atoms with E-state index in [-0.39, 0.29) is 0 Å². The van der Waals surface area contributed by atoms with Crippen molar-refractivity contribution in [1.82, 2.24) is 0 Å². The third kappa shape index (κ3) is 3.94. The fourth-order valence-corrected chi connectivity index (χ4v) is 1.66. The molecule has 2 rings (SSSR count). The van der Waals surface area contributed by atoms with Crippen molar-refractivity contribution in [1.29, 1.82) is 0 Å². The van der Waals surface area contributed by atoms with Gasteiger partial charge in [-0.3, -0.25) is 0 Å². The second-order valence-electron chi connectivity index (χ2n) is 3.38. The van der Waals surface area contributed by atoms with Gasteiger partial charge in [0.15, 0.2) is 0 Å². The molecule has 80 valence electrons. The van der Waals surface area contributed by atoms with E-state index in [9.17, 15) is 0 Å². The van der Waals surface area contributed by atoms with Crippen LogP contribution < -0.4 is 0 Å². The van der Waals surface area contributed by atoms with Crippen molar-refractivity contribution in [2.24, 2.45) is 0 Å². The predicted molar refractivity (Wildman–Crippen MR) is 61.4 cm³/mol. The zero-order valence-electron chi connectivity index (χ0n) is 8.68. The van der Waals surface area contributed by atoms with Crippen LogP contribution in [0.5, 0.6) is 0 Å². The van der Waals surface area contributed by atoms with E-state index >= 15 is 0 Å². The van der Waals surface area contributed by atoms with Gasteiger partial charge in [0.2, 0.25) is 0 Å². The van der Waals surface area contributed by atoms with Crippen LogP contribution in [0, 0.1) is 0 Å². The molecule has 0 spiro atoms. The van der Waals surface area contributed by atoms with Gasteiger partial charge in [0, 0.05) is 5.57 Å². The van der Waals surface area contributed by atoms with E-state index in [2.05, 4.69) is 19.9 Å². The Labute approximate surface area is 109 Å². The van der Waals surface area contributed by atoms with E-state index in [0.29, 0.717) is 0 Å². The van der Waals surface area contributed by atoms with E-state index < -0.39 is 20.8 Å². The first-order valence-corrected chi connectivity index (χ1v) is 10.9. The Bertz CT molecular complexity index is 366. The molecule has 1 heterocycles. The second-order valence-corrected chi connectivity index (χ2v) is 7.11. The molecular formula is C11H12Cl2OZr. The van der Waals surface area contributed by atoms with Crippen LogP contribution in [-0.4, -0.2) is 0 Å². The van der Waals surface area contributed by atoms with Crippen LogP contribution in [0.25, 0.3) is 5.57 Å². The van der Waals surface area contributed by atoms with Gasteiger partial charge < -0.3 is 4.42 Å². The Balaban J connectivity index is 0.000000337. The summed E-state index contributed by atoms with van der Waals surface area (Å²) < 4.78 is 5.34. The van der Waals surface area contributed by atoms with E-state index in [1.807, 2.05) is 12.1 Å². The maximum atomic E-state index is 5.34. The van der Waals surface area contributed by atoms with E-state index in [1.54, 1.807) is 6.26 Å². The molecule has 1 aromatic heterocycles. The first kappa shape index (κ1) is 13.3.